The van der Waals surface area contributed by atoms with Crippen molar-refractivity contribution in [1.82, 2.24) is 0 Å². The van der Waals surface area contributed by atoms with E-state index in [1.807, 2.05) is 0 Å². The molecule has 0 spiro atoms. The van der Waals surface area contributed by atoms with Crippen LogP contribution in [0.1, 0.15) is 38.8 Å². The number of nitrogens with one attached hydrogen (secondary N) is 1. The van der Waals surface area contributed by atoms with E-state index in [0.717, 1.165) is 13.0 Å². The highest BCUT2D eigenvalue weighted by Crippen LogP contribution is 2.37. The second kappa shape index (κ2) is 6.04. The summed E-state index contributed by atoms with van der Waals surface area (Å²) in [7, 11) is -4.64. The summed E-state index contributed by atoms with van der Waals surface area (Å²) in [6.07, 6.45) is 0. The molecule has 0 aromatic heterocycles. The minimum absolute atomic E-state index is 0.105. The minimum atomic E-state index is -4.64. The zero-order valence-corrected chi connectivity index (χ0v) is 14.2. The summed E-state index contributed by atoms with van der Waals surface area (Å²) in [5.41, 5.74) is -0.411. The molecule has 3 rings (SSSR count). The lowest BCUT2D eigenvalue weighted by molar-refractivity contribution is -0.115. The fourth-order valence-electron chi connectivity index (χ4n) is 2.68. The maximum atomic E-state index is 12.8. The monoisotopic (exact) mass is 375 g/mol. The fraction of sp³-hybridized carbons (Fsp3) is 0.118. The Morgan fingerprint density at radius 1 is 1.00 bits per heavy atom. The largest absolute Gasteiger partial charge is 0.507 e. The first-order chi connectivity index (χ1) is 12.1. The van der Waals surface area contributed by atoms with Crippen molar-refractivity contribution < 1.29 is 32.5 Å². The molecule has 0 aliphatic heterocycles. The second-order valence-corrected chi connectivity index (χ2v) is 7.47. The van der Waals surface area contributed by atoms with E-state index < -0.39 is 38.6 Å². The number of fused-ring (bicyclic) bond motifs is 2. The van der Waals surface area contributed by atoms with Gasteiger partial charge in [-0.25, -0.2) is 0 Å². The highest BCUT2D eigenvalue weighted by Gasteiger charge is 2.35. The van der Waals surface area contributed by atoms with Crippen LogP contribution in [0.3, 0.4) is 0 Å². The summed E-state index contributed by atoms with van der Waals surface area (Å²) in [5.74, 6) is -2.71. The summed E-state index contributed by atoms with van der Waals surface area (Å²) >= 11 is 0. The lowest BCUT2D eigenvalue weighted by Crippen LogP contribution is -2.33. The molecule has 0 heterocycles. The molecule has 0 bridgehead atoms. The van der Waals surface area contributed by atoms with Crippen LogP contribution in [0.2, 0.25) is 0 Å². The minimum Gasteiger partial charge on any atom is -0.507 e. The SMILES string of the molecule is C[C@@H](C(=O)Nc1ccc(O)c2c1C(=O)c1ccccc1C2=O)S(=O)(=O)O. The van der Waals surface area contributed by atoms with Gasteiger partial charge in [0.15, 0.2) is 16.8 Å². The van der Waals surface area contributed by atoms with E-state index in [2.05, 4.69) is 5.32 Å². The zero-order valence-electron chi connectivity index (χ0n) is 13.4. The summed E-state index contributed by atoms with van der Waals surface area (Å²) < 4.78 is 31.2. The van der Waals surface area contributed by atoms with Gasteiger partial charge in [0.2, 0.25) is 5.91 Å². The smallest absolute Gasteiger partial charge is 0.276 e. The van der Waals surface area contributed by atoms with Gasteiger partial charge in [-0.2, -0.15) is 8.42 Å². The van der Waals surface area contributed by atoms with Gasteiger partial charge in [-0.3, -0.25) is 18.9 Å². The number of benzene rings is 2. The predicted octanol–water partition coefficient (Wildman–Crippen LogP) is 1.38. The van der Waals surface area contributed by atoms with E-state index in [1.54, 1.807) is 12.1 Å². The first-order valence-electron chi connectivity index (χ1n) is 7.44. The maximum Gasteiger partial charge on any atom is 0.276 e. The number of aromatic hydroxyl groups is 1. The van der Waals surface area contributed by atoms with Crippen molar-refractivity contribution in [2.75, 3.05) is 5.32 Å². The topological polar surface area (TPSA) is 138 Å². The molecule has 8 nitrogen and oxygen atoms in total. The van der Waals surface area contributed by atoms with Crippen LogP contribution in [0.15, 0.2) is 36.4 Å². The van der Waals surface area contributed by atoms with Gasteiger partial charge in [-0.1, -0.05) is 24.3 Å². The van der Waals surface area contributed by atoms with Gasteiger partial charge in [0, 0.05) is 11.1 Å². The average molecular weight is 375 g/mol. The lowest BCUT2D eigenvalue weighted by atomic mass is 9.82. The standard InChI is InChI=1S/C17H13NO7S/c1-8(26(23,24)25)17(22)18-11-6-7-12(19)14-13(11)15(20)9-4-2-3-5-10(9)16(14)21/h2-8,19H,1H3,(H,18,22)(H,23,24,25)/t8-/m0/s1. The van der Waals surface area contributed by atoms with Gasteiger partial charge >= 0.3 is 0 Å². The second-order valence-electron chi connectivity index (χ2n) is 5.73. The Labute approximate surface area is 148 Å². The number of ketones is 2. The van der Waals surface area contributed by atoms with Gasteiger partial charge in [-0.05, 0) is 19.1 Å². The molecule has 1 aliphatic carbocycles. The van der Waals surface area contributed by atoms with E-state index in [0.29, 0.717) is 0 Å². The van der Waals surface area contributed by atoms with E-state index in [9.17, 15) is 27.9 Å². The first-order valence-corrected chi connectivity index (χ1v) is 8.94. The van der Waals surface area contributed by atoms with Gasteiger partial charge in [-0.15, -0.1) is 0 Å². The molecule has 26 heavy (non-hydrogen) atoms. The summed E-state index contributed by atoms with van der Waals surface area (Å²) in [4.78, 5) is 37.5. The van der Waals surface area contributed by atoms with Crippen molar-refractivity contribution in [1.29, 1.82) is 0 Å². The number of rotatable bonds is 3. The number of amides is 1. The van der Waals surface area contributed by atoms with Crippen molar-refractivity contribution in [3.63, 3.8) is 0 Å². The van der Waals surface area contributed by atoms with Crippen LogP contribution in [0.4, 0.5) is 5.69 Å². The molecular weight excluding hydrogens is 362 g/mol. The Morgan fingerprint density at radius 2 is 1.54 bits per heavy atom. The third-order valence-electron chi connectivity index (χ3n) is 4.13. The summed E-state index contributed by atoms with van der Waals surface area (Å²) in [6, 6.07) is 8.33. The van der Waals surface area contributed by atoms with Crippen molar-refractivity contribution in [3.05, 3.63) is 58.7 Å². The molecule has 2 aromatic rings. The van der Waals surface area contributed by atoms with Crippen LogP contribution in [-0.2, 0) is 14.9 Å². The number of phenolic OH excluding ortho intramolecular Hbond substituents is 1. The number of carbonyl (C=O) groups is 3. The Morgan fingerprint density at radius 3 is 2.08 bits per heavy atom. The average Bonchev–Trinajstić information content (AvgIpc) is 2.59. The van der Waals surface area contributed by atoms with E-state index in [1.165, 1.54) is 18.2 Å². The Kier molecular flexibility index (Phi) is 4.13. The molecule has 0 fully saturated rings. The maximum absolute atomic E-state index is 12.8. The fourth-order valence-corrected chi connectivity index (χ4v) is 3.01. The number of anilines is 1. The first kappa shape index (κ1) is 17.8. The molecule has 0 saturated heterocycles. The molecule has 0 unspecified atom stereocenters. The van der Waals surface area contributed by atoms with E-state index >= 15 is 0 Å². The Hall–Kier alpha value is -3.04. The van der Waals surface area contributed by atoms with Crippen LogP contribution in [0.5, 0.6) is 5.75 Å². The third-order valence-corrected chi connectivity index (χ3v) is 5.24. The number of hydrogen-bond donors (Lipinski definition) is 3. The van der Waals surface area contributed by atoms with Gasteiger partial charge < -0.3 is 10.4 Å². The van der Waals surface area contributed by atoms with Gasteiger partial charge in [0.05, 0.1) is 16.8 Å². The van der Waals surface area contributed by atoms with Gasteiger partial charge in [0.25, 0.3) is 10.1 Å². The van der Waals surface area contributed by atoms with Gasteiger partial charge in [0.1, 0.15) is 5.75 Å². The van der Waals surface area contributed by atoms with Crippen LogP contribution < -0.4 is 5.32 Å². The molecule has 0 saturated carbocycles. The molecular formula is C17H13NO7S. The van der Waals surface area contributed by atoms with Crippen LogP contribution in [0.25, 0.3) is 0 Å². The number of carbonyl (C=O) groups excluding carboxylic acids is 3. The van der Waals surface area contributed by atoms with Crippen LogP contribution in [0, 0.1) is 0 Å². The normalized spacial score (nSPS) is 14.4. The van der Waals surface area contributed by atoms with Crippen molar-refractivity contribution in [2.24, 2.45) is 0 Å². The summed E-state index contributed by atoms with van der Waals surface area (Å²) in [5, 5.41) is 10.5. The highest BCUT2D eigenvalue weighted by atomic mass is 32.2. The number of hydrogen-bond acceptors (Lipinski definition) is 6. The van der Waals surface area contributed by atoms with Crippen molar-refractivity contribution >= 4 is 33.3 Å². The molecule has 0 radical (unpaired) electrons. The van der Waals surface area contributed by atoms with Crippen LogP contribution in [-0.4, -0.2) is 40.8 Å². The highest BCUT2D eigenvalue weighted by molar-refractivity contribution is 7.87. The number of phenols is 1. The van der Waals surface area contributed by atoms with E-state index in [-0.39, 0.29) is 27.9 Å². The quantitative estimate of drug-likeness (QED) is 0.464. The molecule has 1 atom stereocenters. The van der Waals surface area contributed by atoms with E-state index in [4.69, 9.17) is 4.55 Å². The summed E-state index contributed by atoms with van der Waals surface area (Å²) in [6.45, 7) is 0.972. The molecule has 2 aromatic carbocycles. The molecule has 9 heteroatoms. The Bertz CT molecular complexity index is 1070. The predicted molar refractivity (Wildman–Crippen MR) is 91.1 cm³/mol. The Balaban J connectivity index is 2.13. The van der Waals surface area contributed by atoms with Crippen LogP contribution >= 0.6 is 0 Å². The zero-order chi connectivity index (χ0) is 19.2. The van der Waals surface area contributed by atoms with Crippen molar-refractivity contribution in [2.45, 2.75) is 12.2 Å². The molecule has 134 valence electrons. The van der Waals surface area contributed by atoms with Crippen molar-refractivity contribution in [3.8, 4) is 5.75 Å². The molecule has 1 aliphatic rings. The molecule has 1 amide bonds. The lowest BCUT2D eigenvalue weighted by Gasteiger charge is -2.21. The third kappa shape index (κ3) is 2.76. The molecule has 3 N–H and O–H groups in total.